The Kier molecular flexibility index (Phi) is 21.8. The topological polar surface area (TPSA) is 112 Å². The van der Waals surface area contributed by atoms with Crippen molar-refractivity contribution < 1.29 is 34.2 Å². The summed E-state index contributed by atoms with van der Waals surface area (Å²) in [6, 6.07) is 0. The number of unbranched alkanes of at least 4 members (excludes halogenated alkanes) is 14. The van der Waals surface area contributed by atoms with Crippen LogP contribution in [0.15, 0.2) is 12.2 Å². The van der Waals surface area contributed by atoms with Gasteiger partial charge in [0.05, 0.1) is 26.2 Å². The second-order valence-electron chi connectivity index (χ2n) is 12.0. The van der Waals surface area contributed by atoms with Gasteiger partial charge in [-0.25, -0.2) is 0 Å². The molecule has 0 rings (SSSR count). The average molecular weight is 555 g/mol. The molecule has 0 aliphatic rings. The highest BCUT2D eigenvalue weighted by atomic mass is 16.4. The average Bonchev–Trinajstić information content (AvgIpc) is 2.87. The lowest BCUT2D eigenvalue weighted by molar-refractivity contribution is -0.934. The summed E-state index contributed by atoms with van der Waals surface area (Å²) in [5, 5.41) is 28.5. The molecule has 3 unspecified atom stereocenters. The first-order valence-electron chi connectivity index (χ1n) is 15.7. The number of hydrogen-bond acceptors (Lipinski definition) is 3. The Morgan fingerprint density at radius 2 is 0.846 bits per heavy atom. The summed E-state index contributed by atoms with van der Waals surface area (Å²) < 4.78 is 0.224. The number of aliphatic carboxylic acids is 3. The molecule has 0 aromatic carbocycles. The minimum atomic E-state index is -0.933. The van der Waals surface area contributed by atoms with E-state index in [4.69, 9.17) is 0 Å². The highest BCUT2D eigenvalue weighted by molar-refractivity contribution is 5.70. The second kappa shape index (κ2) is 22.9. The molecule has 0 amide bonds. The Hall–Kier alpha value is -1.89. The largest absolute Gasteiger partial charge is 0.481 e. The zero-order chi connectivity index (χ0) is 29.5. The predicted molar refractivity (Wildman–Crippen MR) is 159 cm³/mol. The number of quaternary nitrogens is 1. The summed E-state index contributed by atoms with van der Waals surface area (Å²) in [6.45, 7) is 8.48. The summed E-state index contributed by atoms with van der Waals surface area (Å²) >= 11 is 0. The predicted octanol–water partition coefficient (Wildman–Crippen LogP) is 7.78. The Morgan fingerprint density at radius 1 is 0.538 bits per heavy atom. The van der Waals surface area contributed by atoms with Crippen LogP contribution in [0.3, 0.4) is 0 Å². The molecule has 0 saturated carbocycles. The number of nitrogens with zero attached hydrogens (tertiary/aromatic N) is 1. The lowest BCUT2D eigenvalue weighted by Gasteiger charge is -2.42. The first-order valence-corrected chi connectivity index (χ1v) is 15.7. The first-order chi connectivity index (χ1) is 18.5. The molecule has 0 bridgehead atoms. The van der Waals surface area contributed by atoms with Crippen molar-refractivity contribution in [2.24, 2.45) is 17.8 Å². The van der Waals surface area contributed by atoms with Gasteiger partial charge in [0.15, 0.2) is 0 Å². The van der Waals surface area contributed by atoms with E-state index in [1.807, 2.05) is 0 Å². The molecule has 0 aromatic rings. The van der Waals surface area contributed by atoms with Crippen molar-refractivity contribution in [3.8, 4) is 0 Å². The smallest absolute Gasteiger partial charge is 0.311 e. The van der Waals surface area contributed by atoms with Gasteiger partial charge in [-0.1, -0.05) is 83.3 Å². The molecule has 0 fully saturated rings. The van der Waals surface area contributed by atoms with Gasteiger partial charge in [-0.3, -0.25) is 14.4 Å². The summed E-state index contributed by atoms with van der Waals surface area (Å²) in [4.78, 5) is 34.8. The van der Waals surface area contributed by atoms with Crippen molar-refractivity contribution >= 4 is 17.9 Å². The van der Waals surface area contributed by atoms with Crippen LogP contribution >= 0.6 is 0 Å². The summed E-state index contributed by atoms with van der Waals surface area (Å²) in [5.41, 5.74) is 0. The molecule has 0 heterocycles. The molecule has 0 aliphatic carbocycles. The standard InChI is InChI=1S/C32H59NO6/c1-5-6-7-8-9-10-11-12-13-14-15-16-17-18-19-20-21-22-23-33(24-27(2)30(34)35,25-28(3)31(36)37)26-29(4)32(38)39/h11-12,27-29H,5-10,13-26H2,1-4H3,(H2-,34,35,36,37,38,39)/p+1/b12-11+. The van der Waals surface area contributed by atoms with Crippen LogP contribution in [-0.4, -0.2) is 63.9 Å². The van der Waals surface area contributed by atoms with Crippen LogP contribution < -0.4 is 0 Å². The monoisotopic (exact) mass is 554 g/mol. The van der Waals surface area contributed by atoms with E-state index < -0.39 is 35.7 Å². The molecular weight excluding hydrogens is 494 g/mol. The van der Waals surface area contributed by atoms with Crippen molar-refractivity contribution in [1.29, 1.82) is 0 Å². The second-order valence-corrected chi connectivity index (χ2v) is 12.0. The number of carboxylic acids is 3. The number of carbonyl (C=O) groups is 3. The van der Waals surface area contributed by atoms with Crippen LogP contribution in [0.4, 0.5) is 0 Å². The van der Waals surface area contributed by atoms with Gasteiger partial charge >= 0.3 is 17.9 Å². The third kappa shape index (κ3) is 19.8. The van der Waals surface area contributed by atoms with Crippen molar-refractivity contribution in [1.82, 2.24) is 0 Å². The third-order valence-corrected chi connectivity index (χ3v) is 7.89. The third-order valence-electron chi connectivity index (χ3n) is 7.89. The van der Waals surface area contributed by atoms with Crippen LogP contribution in [0.1, 0.15) is 130 Å². The van der Waals surface area contributed by atoms with Crippen molar-refractivity contribution in [3.63, 3.8) is 0 Å². The maximum absolute atomic E-state index is 11.6. The maximum Gasteiger partial charge on any atom is 0.311 e. The zero-order valence-electron chi connectivity index (χ0n) is 25.5. The van der Waals surface area contributed by atoms with Crippen molar-refractivity contribution in [2.45, 2.75) is 130 Å². The number of carboxylic acid groups (broad SMARTS) is 3. The number of hydrogen-bond donors (Lipinski definition) is 3. The van der Waals surface area contributed by atoms with Crippen LogP contribution in [-0.2, 0) is 14.4 Å². The lowest BCUT2D eigenvalue weighted by atomic mass is 10.00. The molecule has 0 aliphatic heterocycles. The van der Waals surface area contributed by atoms with Crippen molar-refractivity contribution in [2.75, 3.05) is 26.2 Å². The van der Waals surface area contributed by atoms with Gasteiger partial charge in [0.25, 0.3) is 0 Å². The summed E-state index contributed by atoms with van der Waals surface area (Å²) in [7, 11) is 0. The van der Waals surface area contributed by atoms with Crippen LogP contribution in [0.2, 0.25) is 0 Å². The Bertz CT molecular complexity index is 637. The molecular formula is C32H60NO6+. The molecule has 228 valence electrons. The first kappa shape index (κ1) is 37.1. The van der Waals surface area contributed by atoms with Gasteiger partial charge in [-0.2, -0.15) is 0 Å². The molecule has 3 N–H and O–H groups in total. The van der Waals surface area contributed by atoms with Crippen LogP contribution in [0, 0.1) is 17.8 Å². The molecule has 3 atom stereocenters. The van der Waals surface area contributed by atoms with E-state index in [0.717, 1.165) is 19.3 Å². The van der Waals surface area contributed by atoms with Crippen molar-refractivity contribution in [3.05, 3.63) is 12.2 Å². The van der Waals surface area contributed by atoms with E-state index >= 15 is 0 Å². The Morgan fingerprint density at radius 3 is 1.18 bits per heavy atom. The minimum Gasteiger partial charge on any atom is -0.481 e. The van der Waals surface area contributed by atoms with Gasteiger partial charge in [-0.15, -0.1) is 0 Å². The molecule has 39 heavy (non-hydrogen) atoms. The van der Waals surface area contributed by atoms with Gasteiger partial charge in [0.2, 0.25) is 0 Å². The molecule has 7 heteroatoms. The normalized spacial score (nSPS) is 15.6. The van der Waals surface area contributed by atoms with E-state index in [0.29, 0.717) is 6.54 Å². The number of rotatable bonds is 27. The Balaban J connectivity index is 4.38. The minimum absolute atomic E-state index is 0.224. The fourth-order valence-corrected chi connectivity index (χ4v) is 5.52. The van der Waals surface area contributed by atoms with Gasteiger partial charge in [0, 0.05) is 0 Å². The fourth-order valence-electron chi connectivity index (χ4n) is 5.52. The van der Waals surface area contributed by atoms with E-state index in [1.54, 1.807) is 20.8 Å². The molecule has 0 aromatic heterocycles. The highest BCUT2D eigenvalue weighted by Gasteiger charge is 2.38. The SMILES string of the molecule is CCCCCCC/C=C/CCCCCCCCCCC[N+](CC(C)C(=O)O)(CC(C)C(=O)O)CC(C)C(=O)O. The molecule has 7 nitrogen and oxygen atoms in total. The molecule has 0 saturated heterocycles. The summed E-state index contributed by atoms with van der Waals surface area (Å²) in [6.07, 6.45) is 24.2. The van der Waals surface area contributed by atoms with E-state index in [2.05, 4.69) is 19.1 Å². The fraction of sp³-hybridized carbons (Fsp3) is 0.844. The van der Waals surface area contributed by atoms with Gasteiger partial charge in [0.1, 0.15) is 17.8 Å². The quantitative estimate of drug-likeness (QED) is 0.0543. The molecule has 0 radical (unpaired) electrons. The van der Waals surface area contributed by atoms with Crippen LogP contribution in [0.5, 0.6) is 0 Å². The van der Waals surface area contributed by atoms with E-state index in [9.17, 15) is 29.7 Å². The number of allylic oxidation sites excluding steroid dienone is 2. The lowest BCUT2D eigenvalue weighted by Crippen LogP contribution is -2.57. The van der Waals surface area contributed by atoms with Crippen LogP contribution in [0.25, 0.3) is 0 Å². The molecule has 0 spiro atoms. The summed E-state index contributed by atoms with van der Waals surface area (Å²) in [5.74, 6) is -4.80. The van der Waals surface area contributed by atoms with Gasteiger partial charge < -0.3 is 19.8 Å². The highest BCUT2D eigenvalue weighted by Crippen LogP contribution is 2.22. The van der Waals surface area contributed by atoms with E-state index in [1.165, 1.54) is 83.5 Å². The zero-order valence-corrected chi connectivity index (χ0v) is 25.5. The Labute approximate surface area is 238 Å². The van der Waals surface area contributed by atoms with Gasteiger partial charge in [-0.05, 0) is 59.3 Å². The van der Waals surface area contributed by atoms with E-state index in [-0.39, 0.29) is 24.1 Å². The maximum atomic E-state index is 11.6.